The predicted molar refractivity (Wildman–Crippen MR) is 80.0 cm³/mol. The molecule has 0 aliphatic heterocycles. The molecule has 0 fully saturated rings. The molecule has 4 nitrogen and oxygen atoms in total. The van der Waals surface area contributed by atoms with Crippen LogP contribution in [0.15, 0.2) is 47.4 Å². The van der Waals surface area contributed by atoms with E-state index in [4.69, 9.17) is 0 Å². The van der Waals surface area contributed by atoms with Crippen LogP contribution in [-0.4, -0.2) is 20.8 Å². The Bertz CT molecular complexity index is 887. The summed E-state index contributed by atoms with van der Waals surface area (Å²) in [7, 11) is -4.24. The highest BCUT2D eigenvalue weighted by Gasteiger charge is 2.34. The molecule has 25 heavy (non-hydrogen) atoms. The van der Waals surface area contributed by atoms with Gasteiger partial charge in [-0.15, -0.1) is 0 Å². The highest BCUT2D eigenvalue weighted by atomic mass is 32.2. The van der Waals surface area contributed by atoms with E-state index in [1.807, 2.05) is 0 Å². The van der Waals surface area contributed by atoms with Crippen molar-refractivity contribution in [3.05, 3.63) is 65.0 Å². The molecule has 0 saturated carbocycles. The van der Waals surface area contributed by atoms with Crippen LogP contribution >= 0.6 is 0 Å². The molecule has 0 heterocycles. The van der Waals surface area contributed by atoms with Crippen molar-refractivity contribution in [3.63, 3.8) is 0 Å². The number of rotatable bonds is 5. The molecule has 2 rings (SSSR count). The summed E-state index contributed by atoms with van der Waals surface area (Å²) >= 11 is 0. The largest absolute Gasteiger partial charge is 0.419 e. The Labute approximate surface area is 141 Å². The average Bonchev–Trinajstić information content (AvgIpc) is 2.52. The van der Waals surface area contributed by atoms with E-state index in [9.17, 15) is 30.8 Å². The monoisotopic (exact) mass is 376 g/mol. The molecule has 2 aromatic rings. The van der Waals surface area contributed by atoms with E-state index in [0.29, 0.717) is 12.1 Å². The SMILES string of the molecule is Cc1ccc(S(=O)(=O)OCC(=O)c2ccc(F)c(C(F)(F)F)c2)cc1. The van der Waals surface area contributed by atoms with Crippen molar-refractivity contribution >= 4 is 15.9 Å². The third kappa shape index (κ3) is 4.64. The number of Topliss-reactive ketones (excluding diaryl/α,β-unsaturated/α-hetero) is 1. The summed E-state index contributed by atoms with van der Waals surface area (Å²) in [5.74, 6) is -2.56. The van der Waals surface area contributed by atoms with Gasteiger partial charge in [0, 0.05) is 5.56 Å². The molecule has 0 radical (unpaired) electrons. The van der Waals surface area contributed by atoms with Gasteiger partial charge in [0.2, 0.25) is 0 Å². The highest BCUT2D eigenvalue weighted by Crippen LogP contribution is 2.32. The molecule has 0 amide bonds. The molecular weight excluding hydrogens is 364 g/mol. The summed E-state index contributed by atoms with van der Waals surface area (Å²) in [6.07, 6.45) is -4.98. The first kappa shape index (κ1) is 19.1. The number of ketones is 1. The standard InChI is InChI=1S/C16H12F4O4S/c1-10-2-5-12(6-3-10)25(22,23)24-9-15(21)11-4-7-14(17)13(8-11)16(18,19)20/h2-8H,9H2,1H3. The van der Waals surface area contributed by atoms with Crippen molar-refractivity contribution in [1.82, 2.24) is 0 Å². The minimum atomic E-state index is -4.98. The molecule has 0 N–H and O–H groups in total. The van der Waals surface area contributed by atoms with E-state index in [-0.39, 0.29) is 4.90 Å². The van der Waals surface area contributed by atoms with Crippen LogP contribution in [0, 0.1) is 12.7 Å². The smallest absolute Gasteiger partial charge is 0.291 e. The molecule has 0 bridgehead atoms. The Kier molecular flexibility index (Phi) is 5.28. The number of hydrogen-bond donors (Lipinski definition) is 0. The molecule has 9 heteroatoms. The van der Waals surface area contributed by atoms with Gasteiger partial charge in [-0.25, -0.2) is 4.39 Å². The zero-order valence-corrected chi connectivity index (χ0v) is 13.6. The maximum Gasteiger partial charge on any atom is 0.419 e. The number of carbonyl (C=O) groups excluding carboxylic acids is 1. The molecule has 0 saturated heterocycles. The van der Waals surface area contributed by atoms with E-state index in [2.05, 4.69) is 4.18 Å². The van der Waals surface area contributed by atoms with Crippen LogP contribution in [0.2, 0.25) is 0 Å². The van der Waals surface area contributed by atoms with Gasteiger partial charge < -0.3 is 0 Å². The maximum absolute atomic E-state index is 13.2. The summed E-state index contributed by atoms with van der Waals surface area (Å²) in [6.45, 7) is 0.743. The minimum Gasteiger partial charge on any atom is -0.291 e. The van der Waals surface area contributed by atoms with Crippen LogP contribution in [0.4, 0.5) is 17.6 Å². The lowest BCUT2D eigenvalue weighted by Crippen LogP contribution is -2.16. The van der Waals surface area contributed by atoms with Crippen LogP contribution in [0.25, 0.3) is 0 Å². The quantitative estimate of drug-likeness (QED) is 0.453. The third-order valence-electron chi connectivity index (χ3n) is 3.25. The van der Waals surface area contributed by atoms with Crippen LogP contribution in [0.3, 0.4) is 0 Å². The van der Waals surface area contributed by atoms with Gasteiger partial charge >= 0.3 is 6.18 Å². The molecule has 0 unspecified atom stereocenters. The van der Waals surface area contributed by atoms with Gasteiger partial charge in [-0.3, -0.25) is 8.98 Å². The van der Waals surface area contributed by atoms with Gasteiger partial charge in [0.05, 0.1) is 10.5 Å². The number of alkyl halides is 3. The summed E-state index contributed by atoms with van der Waals surface area (Å²) in [5, 5.41) is 0. The normalized spacial score (nSPS) is 12.2. The van der Waals surface area contributed by atoms with Gasteiger partial charge in [0.25, 0.3) is 10.1 Å². The van der Waals surface area contributed by atoms with Crippen molar-refractivity contribution in [2.45, 2.75) is 18.0 Å². The molecule has 0 aliphatic carbocycles. The molecule has 0 atom stereocenters. The number of benzene rings is 2. The van der Waals surface area contributed by atoms with E-state index in [1.54, 1.807) is 6.92 Å². The number of aryl methyl sites for hydroxylation is 1. The lowest BCUT2D eigenvalue weighted by Gasteiger charge is -2.10. The first-order valence-electron chi connectivity index (χ1n) is 6.87. The summed E-state index contributed by atoms with van der Waals surface area (Å²) in [5.41, 5.74) is -1.31. The fraction of sp³-hybridized carbons (Fsp3) is 0.188. The molecule has 0 spiro atoms. The van der Waals surface area contributed by atoms with Crippen molar-refractivity contribution in [2.24, 2.45) is 0 Å². The van der Waals surface area contributed by atoms with Gasteiger partial charge in [0.15, 0.2) is 5.78 Å². The Balaban J connectivity index is 2.16. The zero-order valence-electron chi connectivity index (χ0n) is 12.8. The lowest BCUT2D eigenvalue weighted by molar-refractivity contribution is -0.140. The molecule has 134 valence electrons. The molecule has 0 aliphatic rings. The lowest BCUT2D eigenvalue weighted by atomic mass is 10.1. The zero-order chi connectivity index (χ0) is 18.8. The third-order valence-corrected chi connectivity index (χ3v) is 4.53. The number of hydrogen-bond acceptors (Lipinski definition) is 4. The fourth-order valence-corrected chi connectivity index (χ4v) is 2.77. The summed E-state index contributed by atoms with van der Waals surface area (Å²) < 4.78 is 79.6. The molecule has 2 aromatic carbocycles. The predicted octanol–water partition coefficient (Wildman–Crippen LogP) is 3.74. The van der Waals surface area contributed by atoms with Crippen LogP contribution in [0.5, 0.6) is 0 Å². The second-order valence-corrected chi connectivity index (χ2v) is 6.76. The second-order valence-electron chi connectivity index (χ2n) is 5.14. The number of carbonyl (C=O) groups is 1. The maximum atomic E-state index is 13.2. The van der Waals surface area contributed by atoms with Gasteiger partial charge in [0.1, 0.15) is 12.4 Å². The van der Waals surface area contributed by atoms with E-state index in [1.165, 1.54) is 24.3 Å². The van der Waals surface area contributed by atoms with Gasteiger partial charge in [-0.05, 0) is 37.3 Å². The topological polar surface area (TPSA) is 60.4 Å². The Morgan fingerprint density at radius 1 is 1.08 bits per heavy atom. The van der Waals surface area contributed by atoms with Crippen molar-refractivity contribution < 1.29 is 35.0 Å². The first-order chi connectivity index (χ1) is 11.5. The van der Waals surface area contributed by atoms with Crippen molar-refractivity contribution in [3.8, 4) is 0 Å². The summed E-state index contributed by atoms with van der Waals surface area (Å²) in [4.78, 5) is 11.7. The van der Waals surface area contributed by atoms with Gasteiger partial charge in [-0.1, -0.05) is 17.7 Å². The van der Waals surface area contributed by atoms with Crippen molar-refractivity contribution in [1.29, 1.82) is 0 Å². The van der Waals surface area contributed by atoms with E-state index < -0.39 is 45.6 Å². The van der Waals surface area contributed by atoms with Crippen LogP contribution in [0.1, 0.15) is 21.5 Å². The Hall–Kier alpha value is -2.26. The van der Waals surface area contributed by atoms with Crippen LogP contribution < -0.4 is 0 Å². The highest BCUT2D eigenvalue weighted by molar-refractivity contribution is 7.86. The average molecular weight is 376 g/mol. The van der Waals surface area contributed by atoms with Crippen LogP contribution in [-0.2, 0) is 20.5 Å². The number of halogens is 4. The van der Waals surface area contributed by atoms with Gasteiger partial charge in [-0.2, -0.15) is 21.6 Å². The fourth-order valence-electron chi connectivity index (χ4n) is 1.90. The molecule has 0 aromatic heterocycles. The molecular formula is C16H12F4O4S. The van der Waals surface area contributed by atoms with E-state index >= 15 is 0 Å². The Morgan fingerprint density at radius 2 is 1.68 bits per heavy atom. The second kappa shape index (κ2) is 6.93. The summed E-state index contributed by atoms with van der Waals surface area (Å²) in [6, 6.07) is 7.23. The first-order valence-corrected chi connectivity index (χ1v) is 8.27. The van der Waals surface area contributed by atoms with Crippen molar-refractivity contribution in [2.75, 3.05) is 6.61 Å². The van der Waals surface area contributed by atoms with E-state index in [0.717, 1.165) is 11.6 Å². The minimum absolute atomic E-state index is 0.194. The Morgan fingerprint density at radius 3 is 2.24 bits per heavy atom.